The van der Waals surface area contributed by atoms with Crippen LogP contribution in [0.3, 0.4) is 0 Å². The van der Waals surface area contributed by atoms with Crippen LogP contribution in [0.1, 0.15) is 0 Å². The molecule has 1 saturated heterocycles. The van der Waals surface area contributed by atoms with Crippen molar-refractivity contribution in [3.63, 3.8) is 0 Å². The van der Waals surface area contributed by atoms with Crippen molar-refractivity contribution >= 4 is 44.6 Å². The number of nitrogens with one attached hydrogen (secondary N) is 3. The number of amides is 3. The highest BCUT2D eigenvalue weighted by Gasteiger charge is 2.19. The largest absolute Gasteiger partial charge is 0.450 e. The van der Waals surface area contributed by atoms with Crippen LogP contribution < -0.4 is 15.4 Å². The molecular weight excluding hydrogens is 492 g/mol. The van der Waals surface area contributed by atoms with E-state index in [2.05, 4.69) is 36.5 Å². The third-order valence-corrected chi connectivity index (χ3v) is 5.34. The second kappa shape index (κ2) is 9.49. The van der Waals surface area contributed by atoms with Crippen LogP contribution >= 0.6 is 15.9 Å². The Bertz CT molecular complexity index is 1140. The van der Waals surface area contributed by atoms with Gasteiger partial charge in [0.1, 0.15) is 11.4 Å². The molecule has 0 aliphatic carbocycles. The summed E-state index contributed by atoms with van der Waals surface area (Å²) in [5.74, 6) is -2.73. The number of hydrogen-bond acceptors (Lipinski definition) is 5. The summed E-state index contributed by atoms with van der Waals surface area (Å²) in [5.41, 5.74) is 0.350. The molecule has 0 saturated carbocycles. The number of aromatic nitrogens is 2. The molecule has 1 aliphatic rings. The van der Waals surface area contributed by atoms with Gasteiger partial charge in [0.05, 0.1) is 25.1 Å². The van der Waals surface area contributed by atoms with E-state index >= 15 is 0 Å². The number of hydrogen-bond donors (Lipinski definition) is 3. The van der Waals surface area contributed by atoms with E-state index in [1.165, 1.54) is 12.3 Å². The molecule has 32 heavy (non-hydrogen) atoms. The molecular formula is C20H18BrF2N5O4. The number of fused-ring (bicyclic) bond motifs is 1. The number of ether oxygens (including phenoxy) is 2. The number of morpholine rings is 1. The summed E-state index contributed by atoms with van der Waals surface area (Å²) in [7, 11) is 0. The summed E-state index contributed by atoms with van der Waals surface area (Å²) in [4.78, 5) is 32.7. The molecule has 3 heterocycles. The van der Waals surface area contributed by atoms with E-state index in [4.69, 9.17) is 9.47 Å². The standard InChI is InChI=1S/C20H18BrF2N5O4/c21-12-9-25-19-17(12)15(1-2-24-19)32-18-13(22)7-11(8-14(18)23)27-20(30)26-10-16(29)28-3-5-31-6-4-28/h1-2,7-9H,3-6,10H2,(H,24,25)(H2,26,27,30). The Morgan fingerprint density at radius 1 is 1.25 bits per heavy atom. The van der Waals surface area contributed by atoms with Crippen molar-refractivity contribution in [1.29, 1.82) is 0 Å². The number of benzene rings is 1. The summed E-state index contributed by atoms with van der Waals surface area (Å²) in [6, 6.07) is 2.55. The predicted molar refractivity (Wildman–Crippen MR) is 115 cm³/mol. The van der Waals surface area contributed by atoms with Crippen molar-refractivity contribution in [2.45, 2.75) is 0 Å². The fourth-order valence-corrected chi connectivity index (χ4v) is 3.67. The fourth-order valence-electron chi connectivity index (χ4n) is 3.17. The Hall–Kier alpha value is -3.25. The number of urea groups is 1. The van der Waals surface area contributed by atoms with E-state index in [0.29, 0.717) is 41.8 Å². The van der Waals surface area contributed by atoms with Gasteiger partial charge in [0.25, 0.3) is 0 Å². The lowest BCUT2D eigenvalue weighted by molar-refractivity contribution is -0.134. The van der Waals surface area contributed by atoms with Crippen molar-refractivity contribution in [1.82, 2.24) is 20.2 Å². The summed E-state index contributed by atoms with van der Waals surface area (Å²) in [6.07, 6.45) is 3.07. The van der Waals surface area contributed by atoms with E-state index in [-0.39, 0.29) is 23.9 Å². The smallest absolute Gasteiger partial charge is 0.319 e. The highest BCUT2D eigenvalue weighted by Crippen LogP contribution is 2.36. The van der Waals surface area contributed by atoms with Crippen LogP contribution in [0.2, 0.25) is 0 Å². The maximum absolute atomic E-state index is 14.6. The first-order valence-corrected chi connectivity index (χ1v) is 10.4. The number of anilines is 1. The molecule has 0 spiro atoms. The molecule has 12 heteroatoms. The number of nitrogens with zero attached hydrogens (tertiary/aromatic N) is 2. The number of halogens is 3. The number of carbonyl (C=O) groups excluding carboxylic acids is 2. The van der Waals surface area contributed by atoms with Gasteiger partial charge >= 0.3 is 6.03 Å². The van der Waals surface area contributed by atoms with E-state index in [9.17, 15) is 18.4 Å². The molecule has 1 aromatic carbocycles. The Kier molecular flexibility index (Phi) is 6.51. The molecule has 4 rings (SSSR count). The average molecular weight is 510 g/mol. The van der Waals surface area contributed by atoms with Crippen LogP contribution in [0.4, 0.5) is 19.3 Å². The van der Waals surface area contributed by atoms with Crippen LogP contribution in [-0.2, 0) is 9.53 Å². The summed E-state index contributed by atoms with van der Waals surface area (Å²) >= 11 is 3.33. The molecule has 2 aromatic heterocycles. The maximum Gasteiger partial charge on any atom is 0.319 e. The Labute approximate surface area is 189 Å². The summed E-state index contributed by atoms with van der Waals surface area (Å²) < 4.78 is 40.4. The Morgan fingerprint density at radius 3 is 2.69 bits per heavy atom. The van der Waals surface area contributed by atoms with Gasteiger partial charge < -0.3 is 30.0 Å². The molecule has 0 atom stereocenters. The van der Waals surface area contributed by atoms with Gasteiger partial charge in [-0.15, -0.1) is 0 Å². The van der Waals surface area contributed by atoms with Crippen molar-refractivity contribution < 1.29 is 27.8 Å². The average Bonchev–Trinajstić information content (AvgIpc) is 3.17. The first-order valence-electron chi connectivity index (χ1n) is 9.61. The van der Waals surface area contributed by atoms with Gasteiger partial charge in [0.15, 0.2) is 17.4 Å². The number of carbonyl (C=O) groups is 2. The van der Waals surface area contributed by atoms with Crippen LogP contribution in [0.25, 0.3) is 11.0 Å². The van der Waals surface area contributed by atoms with E-state index in [1.807, 2.05) is 0 Å². The minimum absolute atomic E-state index is 0.133. The van der Waals surface area contributed by atoms with E-state index in [0.717, 1.165) is 12.1 Å². The number of rotatable bonds is 5. The zero-order valence-corrected chi connectivity index (χ0v) is 18.2. The van der Waals surface area contributed by atoms with E-state index in [1.54, 1.807) is 11.1 Å². The van der Waals surface area contributed by atoms with Gasteiger partial charge in [-0.3, -0.25) is 4.79 Å². The number of pyridine rings is 1. The Morgan fingerprint density at radius 2 is 1.97 bits per heavy atom. The maximum atomic E-state index is 14.6. The number of H-pyrrole nitrogens is 1. The lowest BCUT2D eigenvalue weighted by atomic mass is 10.2. The normalized spacial score (nSPS) is 13.8. The van der Waals surface area contributed by atoms with Crippen molar-refractivity contribution in [2.75, 3.05) is 38.2 Å². The first kappa shape index (κ1) is 22.0. The van der Waals surface area contributed by atoms with Crippen LogP contribution in [0.15, 0.2) is 35.1 Å². The van der Waals surface area contributed by atoms with Crippen LogP contribution in [-0.4, -0.2) is 59.7 Å². The Balaban J connectivity index is 1.41. The van der Waals surface area contributed by atoms with Gasteiger partial charge in [-0.2, -0.15) is 0 Å². The lowest BCUT2D eigenvalue weighted by Crippen LogP contribution is -2.46. The monoisotopic (exact) mass is 509 g/mol. The molecule has 0 bridgehead atoms. The minimum atomic E-state index is -1.01. The number of aromatic amines is 1. The topological polar surface area (TPSA) is 109 Å². The molecule has 3 aromatic rings. The highest BCUT2D eigenvalue weighted by atomic mass is 79.9. The summed E-state index contributed by atoms with van der Waals surface area (Å²) in [5, 5.41) is 5.20. The van der Waals surface area contributed by atoms with Gasteiger partial charge in [-0.05, 0) is 22.0 Å². The van der Waals surface area contributed by atoms with Gasteiger partial charge in [0.2, 0.25) is 5.91 Å². The molecule has 1 fully saturated rings. The third-order valence-electron chi connectivity index (χ3n) is 4.72. The quantitative estimate of drug-likeness (QED) is 0.488. The molecule has 168 valence electrons. The minimum Gasteiger partial charge on any atom is -0.450 e. The molecule has 3 N–H and O–H groups in total. The van der Waals surface area contributed by atoms with Gasteiger partial charge in [-0.1, -0.05) is 0 Å². The fraction of sp³-hybridized carbons (Fsp3) is 0.250. The highest BCUT2D eigenvalue weighted by molar-refractivity contribution is 9.10. The predicted octanol–water partition coefficient (Wildman–Crippen LogP) is 3.38. The van der Waals surface area contributed by atoms with Gasteiger partial charge in [0, 0.05) is 47.8 Å². The van der Waals surface area contributed by atoms with Crippen LogP contribution in [0.5, 0.6) is 11.5 Å². The molecule has 9 nitrogen and oxygen atoms in total. The zero-order chi connectivity index (χ0) is 22.7. The van der Waals surface area contributed by atoms with Gasteiger partial charge in [-0.25, -0.2) is 18.6 Å². The molecule has 0 radical (unpaired) electrons. The first-order chi connectivity index (χ1) is 15.4. The van der Waals surface area contributed by atoms with Crippen molar-refractivity contribution in [2.24, 2.45) is 0 Å². The second-order valence-electron chi connectivity index (χ2n) is 6.84. The lowest BCUT2D eigenvalue weighted by Gasteiger charge is -2.26. The third kappa shape index (κ3) is 4.81. The summed E-state index contributed by atoms with van der Waals surface area (Å²) in [6.45, 7) is 1.53. The second-order valence-corrected chi connectivity index (χ2v) is 7.70. The SMILES string of the molecule is O=C(NCC(=O)N1CCOCC1)Nc1cc(F)c(Oc2ccnc3[nH]cc(Br)c23)c(F)c1. The van der Waals surface area contributed by atoms with E-state index < -0.39 is 23.4 Å². The van der Waals surface area contributed by atoms with Crippen molar-refractivity contribution in [3.8, 4) is 11.5 Å². The molecule has 3 amide bonds. The zero-order valence-electron chi connectivity index (χ0n) is 16.6. The molecule has 1 aliphatic heterocycles. The van der Waals surface area contributed by atoms with Crippen molar-refractivity contribution in [3.05, 3.63) is 46.7 Å². The molecule has 0 unspecified atom stereocenters. The van der Waals surface area contributed by atoms with Crippen LogP contribution in [0, 0.1) is 11.6 Å².